The van der Waals surface area contributed by atoms with Crippen molar-refractivity contribution >= 4 is 17.4 Å². The average Bonchev–Trinajstić information content (AvgIpc) is 2.74. The molecule has 0 aliphatic heterocycles. The fraction of sp³-hybridized carbons (Fsp3) is 0.182. The van der Waals surface area contributed by atoms with E-state index in [9.17, 15) is 4.79 Å². The van der Waals surface area contributed by atoms with Crippen molar-refractivity contribution in [2.45, 2.75) is 6.54 Å². The highest BCUT2D eigenvalue weighted by Crippen LogP contribution is 2.31. The Kier molecular flexibility index (Phi) is 6.11. The Morgan fingerprint density at radius 3 is 2.46 bits per heavy atom. The molecule has 0 aliphatic rings. The highest BCUT2D eigenvalue weighted by molar-refractivity contribution is 5.94. The summed E-state index contributed by atoms with van der Waals surface area (Å²) in [5.41, 5.74) is 2.34. The van der Waals surface area contributed by atoms with Crippen LogP contribution in [0.2, 0.25) is 0 Å². The molecule has 6 heteroatoms. The maximum Gasteiger partial charge on any atom is 0.255 e. The minimum Gasteiger partial charge on any atom is -0.497 e. The van der Waals surface area contributed by atoms with E-state index in [-0.39, 0.29) is 5.91 Å². The van der Waals surface area contributed by atoms with Crippen LogP contribution in [-0.2, 0) is 6.54 Å². The molecule has 0 spiro atoms. The molecule has 0 saturated carbocycles. The van der Waals surface area contributed by atoms with E-state index in [4.69, 9.17) is 9.47 Å². The molecule has 0 saturated heterocycles. The number of rotatable bonds is 7. The largest absolute Gasteiger partial charge is 0.497 e. The minimum absolute atomic E-state index is 0.0816. The van der Waals surface area contributed by atoms with Crippen molar-refractivity contribution < 1.29 is 14.3 Å². The molecule has 144 valence electrons. The summed E-state index contributed by atoms with van der Waals surface area (Å²) in [6.07, 6.45) is 1.57. The molecular formula is C22H23N3O3. The van der Waals surface area contributed by atoms with Gasteiger partial charge in [-0.1, -0.05) is 30.3 Å². The monoisotopic (exact) mass is 377 g/mol. The predicted molar refractivity (Wildman–Crippen MR) is 109 cm³/mol. The Bertz CT molecular complexity index is 928. The van der Waals surface area contributed by atoms with Crippen molar-refractivity contribution in [3.05, 3.63) is 78.0 Å². The average molecular weight is 377 g/mol. The summed E-state index contributed by atoms with van der Waals surface area (Å²) in [6, 6.07) is 18.9. The summed E-state index contributed by atoms with van der Waals surface area (Å²) >= 11 is 0. The van der Waals surface area contributed by atoms with Crippen LogP contribution in [0.4, 0.5) is 11.5 Å². The second-order valence-electron chi connectivity index (χ2n) is 6.27. The first-order valence-corrected chi connectivity index (χ1v) is 8.85. The number of hydrogen-bond donors (Lipinski definition) is 1. The van der Waals surface area contributed by atoms with Crippen molar-refractivity contribution in [2.75, 3.05) is 26.6 Å². The standard InChI is InChI=1S/C22H23N3O3/c1-25(15-16-7-5-4-6-8-16)22(26)17-9-12-21(23-14-17)24-19-13-18(27-2)10-11-20(19)28-3/h4-14H,15H2,1-3H3,(H,23,24). The Balaban J connectivity index is 1.70. The van der Waals surface area contributed by atoms with Gasteiger partial charge in [0.05, 0.1) is 25.5 Å². The first kappa shape index (κ1) is 19.2. The maximum atomic E-state index is 12.6. The molecule has 1 amide bonds. The lowest BCUT2D eigenvalue weighted by atomic mass is 10.2. The number of aromatic nitrogens is 1. The highest BCUT2D eigenvalue weighted by Gasteiger charge is 2.13. The third-order valence-electron chi connectivity index (χ3n) is 4.29. The van der Waals surface area contributed by atoms with Gasteiger partial charge in [0.15, 0.2) is 0 Å². The topological polar surface area (TPSA) is 63.7 Å². The molecule has 0 aliphatic carbocycles. The van der Waals surface area contributed by atoms with Gasteiger partial charge in [-0.25, -0.2) is 4.98 Å². The van der Waals surface area contributed by atoms with Crippen LogP contribution in [0.25, 0.3) is 0 Å². The first-order chi connectivity index (χ1) is 13.6. The molecule has 3 rings (SSSR count). The van der Waals surface area contributed by atoms with Crippen LogP contribution in [0.5, 0.6) is 11.5 Å². The van der Waals surface area contributed by atoms with Crippen LogP contribution in [0.1, 0.15) is 15.9 Å². The predicted octanol–water partition coefficient (Wildman–Crippen LogP) is 4.11. The fourth-order valence-corrected chi connectivity index (χ4v) is 2.79. The summed E-state index contributed by atoms with van der Waals surface area (Å²) in [4.78, 5) is 18.7. The minimum atomic E-state index is -0.0816. The van der Waals surface area contributed by atoms with Gasteiger partial charge in [0.1, 0.15) is 17.3 Å². The van der Waals surface area contributed by atoms with Crippen LogP contribution < -0.4 is 14.8 Å². The van der Waals surface area contributed by atoms with E-state index in [1.807, 2.05) is 48.5 Å². The van der Waals surface area contributed by atoms with E-state index in [2.05, 4.69) is 10.3 Å². The second-order valence-corrected chi connectivity index (χ2v) is 6.27. The van der Waals surface area contributed by atoms with E-state index in [1.165, 1.54) is 0 Å². The summed E-state index contributed by atoms with van der Waals surface area (Å²) in [5, 5.41) is 3.19. The molecular weight excluding hydrogens is 354 g/mol. The third kappa shape index (κ3) is 4.59. The second kappa shape index (κ2) is 8.90. The smallest absolute Gasteiger partial charge is 0.255 e. The number of methoxy groups -OCH3 is 2. The summed E-state index contributed by atoms with van der Waals surface area (Å²) < 4.78 is 10.6. The van der Waals surface area contributed by atoms with Crippen LogP contribution in [0.3, 0.4) is 0 Å². The van der Waals surface area contributed by atoms with Gasteiger partial charge in [-0.05, 0) is 29.8 Å². The Labute approximate surface area is 164 Å². The number of benzene rings is 2. The normalized spacial score (nSPS) is 10.2. The molecule has 0 atom stereocenters. The maximum absolute atomic E-state index is 12.6. The molecule has 2 aromatic carbocycles. The number of hydrogen-bond acceptors (Lipinski definition) is 5. The highest BCUT2D eigenvalue weighted by atomic mass is 16.5. The molecule has 6 nitrogen and oxygen atoms in total. The quantitative estimate of drug-likeness (QED) is 0.671. The number of anilines is 2. The lowest BCUT2D eigenvalue weighted by Crippen LogP contribution is -2.26. The zero-order chi connectivity index (χ0) is 19.9. The van der Waals surface area contributed by atoms with E-state index in [0.717, 1.165) is 11.3 Å². The number of carbonyl (C=O) groups excluding carboxylic acids is 1. The van der Waals surface area contributed by atoms with Crippen LogP contribution in [-0.4, -0.2) is 37.1 Å². The number of nitrogens with one attached hydrogen (secondary N) is 1. The van der Waals surface area contributed by atoms with Gasteiger partial charge in [0, 0.05) is 25.9 Å². The van der Waals surface area contributed by atoms with Crippen LogP contribution in [0.15, 0.2) is 66.9 Å². The van der Waals surface area contributed by atoms with Crippen molar-refractivity contribution in [3.8, 4) is 11.5 Å². The summed E-state index contributed by atoms with van der Waals surface area (Å²) in [7, 11) is 4.99. The zero-order valence-electron chi connectivity index (χ0n) is 16.2. The molecule has 28 heavy (non-hydrogen) atoms. The van der Waals surface area contributed by atoms with E-state index >= 15 is 0 Å². The van der Waals surface area contributed by atoms with Crippen LogP contribution >= 0.6 is 0 Å². The van der Waals surface area contributed by atoms with Crippen molar-refractivity contribution in [3.63, 3.8) is 0 Å². The van der Waals surface area contributed by atoms with Gasteiger partial charge in [-0.15, -0.1) is 0 Å². The molecule has 1 heterocycles. The first-order valence-electron chi connectivity index (χ1n) is 8.85. The van der Waals surface area contributed by atoms with E-state index < -0.39 is 0 Å². The molecule has 1 aromatic heterocycles. The Morgan fingerprint density at radius 2 is 1.82 bits per heavy atom. The SMILES string of the molecule is COc1ccc(OC)c(Nc2ccc(C(=O)N(C)Cc3ccccc3)cn2)c1. The number of nitrogens with zero attached hydrogens (tertiary/aromatic N) is 2. The van der Waals surface area contributed by atoms with Gasteiger partial charge in [-0.3, -0.25) is 4.79 Å². The van der Waals surface area contributed by atoms with E-state index in [1.54, 1.807) is 44.5 Å². The van der Waals surface area contributed by atoms with Gasteiger partial charge in [0.2, 0.25) is 0 Å². The summed E-state index contributed by atoms with van der Waals surface area (Å²) in [5.74, 6) is 1.90. The Morgan fingerprint density at radius 1 is 1.04 bits per heavy atom. The molecule has 0 bridgehead atoms. The van der Waals surface area contributed by atoms with Gasteiger partial charge in [0.25, 0.3) is 5.91 Å². The Hall–Kier alpha value is -3.54. The molecule has 0 fully saturated rings. The van der Waals surface area contributed by atoms with Crippen LogP contribution in [0, 0.1) is 0 Å². The molecule has 0 radical (unpaired) electrons. The zero-order valence-corrected chi connectivity index (χ0v) is 16.2. The molecule has 1 N–H and O–H groups in total. The number of pyridine rings is 1. The molecule has 3 aromatic rings. The van der Waals surface area contributed by atoms with Crippen molar-refractivity contribution in [2.24, 2.45) is 0 Å². The summed E-state index contributed by atoms with van der Waals surface area (Å²) in [6.45, 7) is 0.542. The number of carbonyl (C=O) groups is 1. The lowest BCUT2D eigenvalue weighted by molar-refractivity contribution is 0.0784. The molecule has 0 unspecified atom stereocenters. The number of ether oxygens (including phenoxy) is 2. The lowest BCUT2D eigenvalue weighted by Gasteiger charge is -2.17. The van der Waals surface area contributed by atoms with Crippen molar-refractivity contribution in [1.29, 1.82) is 0 Å². The fourth-order valence-electron chi connectivity index (χ4n) is 2.79. The van der Waals surface area contributed by atoms with Gasteiger partial charge in [-0.2, -0.15) is 0 Å². The van der Waals surface area contributed by atoms with Gasteiger partial charge < -0.3 is 19.7 Å². The van der Waals surface area contributed by atoms with Crippen molar-refractivity contribution in [1.82, 2.24) is 9.88 Å². The van der Waals surface area contributed by atoms with Gasteiger partial charge >= 0.3 is 0 Å². The van der Waals surface area contributed by atoms with E-state index in [0.29, 0.717) is 29.4 Å². The number of amides is 1. The third-order valence-corrected chi connectivity index (χ3v) is 4.29.